The molecule has 1 heterocycles. The summed E-state index contributed by atoms with van der Waals surface area (Å²) in [6.07, 6.45) is 4.33. The van der Waals surface area contributed by atoms with Crippen LogP contribution in [0, 0.1) is 0 Å². The van der Waals surface area contributed by atoms with Crippen molar-refractivity contribution in [2.24, 2.45) is 0 Å². The number of hydrogen-bond acceptors (Lipinski definition) is 2. The molecule has 2 fully saturated rings. The van der Waals surface area contributed by atoms with E-state index in [0.29, 0.717) is 0 Å². The van der Waals surface area contributed by atoms with E-state index in [1.54, 1.807) is 5.57 Å². The SMILES string of the molecule is CC1=C(C)C2(CCC3(CC2)OCCO3)c2ccccc21. The molecule has 20 heavy (non-hydrogen) atoms. The highest BCUT2D eigenvalue weighted by Gasteiger charge is 2.50. The fraction of sp³-hybridized carbons (Fsp3) is 0.556. The predicted octanol–water partition coefficient (Wildman–Crippen LogP) is 4.05. The van der Waals surface area contributed by atoms with Crippen molar-refractivity contribution in [2.75, 3.05) is 13.2 Å². The van der Waals surface area contributed by atoms with Gasteiger partial charge >= 0.3 is 0 Å². The molecule has 2 spiro atoms. The number of fused-ring (bicyclic) bond motifs is 2. The highest BCUT2D eigenvalue weighted by atomic mass is 16.7. The second-order valence-corrected chi connectivity index (χ2v) is 6.49. The Bertz CT molecular complexity index is 569. The lowest BCUT2D eigenvalue weighted by atomic mass is 9.66. The van der Waals surface area contributed by atoms with Crippen LogP contribution in [-0.2, 0) is 14.9 Å². The fourth-order valence-corrected chi connectivity index (χ4v) is 4.48. The van der Waals surface area contributed by atoms with E-state index in [1.807, 2.05) is 0 Å². The summed E-state index contributed by atoms with van der Waals surface area (Å²) in [5.41, 5.74) is 6.26. The van der Waals surface area contributed by atoms with Crippen LogP contribution in [-0.4, -0.2) is 19.0 Å². The Morgan fingerprint density at radius 3 is 2.25 bits per heavy atom. The number of benzene rings is 1. The van der Waals surface area contributed by atoms with E-state index in [1.165, 1.54) is 16.7 Å². The van der Waals surface area contributed by atoms with Crippen LogP contribution in [0.5, 0.6) is 0 Å². The van der Waals surface area contributed by atoms with Crippen molar-refractivity contribution < 1.29 is 9.47 Å². The van der Waals surface area contributed by atoms with Gasteiger partial charge in [-0.3, -0.25) is 0 Å². The molecule has 0 N–H and O–H groups in total. The quantitative estimate of drug-likeness (QED) is 0.708. The van der Waals surface area contributed by atoms with Crippen molar-refractivity contribution in [2.45, 2.75) is 50.7 Å². The maximum atomic E-state index is 5.90. The molecule has 1 saturated carbocycles. The summed E-state index contributed by atoms with van der Waals surface area (Å²) < 4.78 is 11.8. The predicted molar refractivity (Wildman–Crippen MR) is 79.5 cm³/mol. The molecule has 2 aliphatic carbocycles. The minimum absolute atomic E-state index is 0.237. The third kappa shape index (κ3) is 1.52. The molecule has 0 atom stereocenters. The first-order valence-corrected chi connectivity index (χ1v) is 7.73. The van der Waals surface area contributed by atoms with E-state index < -0.39 is 0 Å². The molecule has 1 aromatic carbocycles. The second kappa shape index (κ2) is 4.19. The molecule has 1 saturated heterocycles. The monoisotopic (exact) mass is 270 g/mol. The number of rotatable bonds is 0. The maximum Gasteiger partial charge on any atom is 0.168 e. The highest BCUT2D eigenvalue weighted by molar-refractivity contribution is 5.78. The molecule has 1 aliphatic heterocycles. The second-order valence-electron chi connectivity index (χ2n) is 6.49. The molecule has 106 valence electrons. The smallest absolute Gasteiger partial charge is 0.168 e. The van der Waals surface area contributed by atoms with Gasteiger partial charge in [-0.1, -0.05) is 29.8 Å². The van der Waals surface area contributed by atoms with Gasteiger partial charge in [0, 0.05) is 18.3 Å². The summed E-state index contributed by atoms with van der Waals surface area (Å²) in [7, 11) is 0. The van der Waals surface area contributed by atoms with Gasteiger partial charge in [-0.05, 0) is 43.4 Å². The Morgan fingerprint density at radius 2 is 1.55 bits per heavy atom. The van der Waals surface area contributed by atoms with Gasteiger partial charge in [0.1, 0.15) is 0 Å². The van der Waals surface area contributed by atoms with Gasteiger partial charge in [0.15, 0.2) is 5.79 Å². The third-order valence-corrected chi connectivity index (χ3v) is 5.81. The van der Waals surface area contributed by atoms with Gasteiger partial charge < -0.3 is 9.47 Å². The van der Waals surface area contributed by atoms with E-state index in [0.717, 1.165) is 38.9 Å². The van der Waals surface area contributed by atoms with Crippen LogP contribution in [0.1, 0.15) is 50.7 Å². The summed E-state index contributed by atoms with van der Waals surface area (Å²) in [4.78, 5) is 0. The van der Waals surface area contributed by atoms with E-state index in [-0.39, 0.29) is 11.2 Å². The minimum Gasteiger partial charge on any atom is -0.348 e. The largest absolute Gasteiger partial charge is 0.348 e. The van der Waals surface area contributed by atoms with Gasteiger partial charge in [-0.2, -0.15) is 0 Å². The van der Waals surface area contributed by atoms with E-state index in [4.69, 9.17) is 9.47 Å². The third-order valence-electron chi connectivity index (χ3n) is 5.81. The minimum atomic E-state index is -0.267. The van der Waals surface area contributed by atoms with Gasteiger partial charge in [-0.25, -0.2) is 0 Å². The summed E-state index contributed by atoms with van der Waals surface area (Å²) in [5.74, 6) is -0.267. The van der Waals surface area contributed by atoms with Crippen LogP contribution < -0.4 is 0 Å². The molecule has 0 bridgehead atoms. The Hall–Kier alpha value is -1.12. The van der Waals surface area contributed by atoms with Gasteiger partial charge in [0.2, 0.25) is 0 Å². The molecule has 2 nitrogen and oxygen atoms in total. The van der Waals surface area contributed by atoms with Crippen LogP contribution in [0.15, 0.2) is 29.8 Å². The topological polar surface area (TPSA) is 18.5 Å². The first kappa shape index (κ1) is 12.6. The van der Waals surface area contributed by atoms with Crippen LogP contribution in [0.4, 0.5) is 0 Å². The molecule has 0 aromatic heterocycles. The lowest BCUT2D eigenvalue weighted by Crippen LogP contribution is -2.42. The number of ether oxygens (including phenoxy) is 2. The van der Waals surface area contributed by atoms with Gasteiger partial charge in [0.05, 0.1) is 13.2 Å². The first-order valence-electron chi connectivity index (χ1n) is 7.73. The van der Waals surface area contributed by atoms with Crippen molar-refractivity contribution in [1.82, 2.24) is 0 Å². The average Bonchev–Trinajstić information content (AvgIpc) is 3.02. The number of hydrogen-bond donors (Lipinski definition) is 0. The molecule has 4 rings (SSSR count). The molecule has 0 radical (unpaired) electrons. The molecular weight excluding hydrogens is 248 g/mol. The van der Waals surface area contributed by atoms with Crippen LogP contribution in [0.25, 0.3) is 5.57 Å². The zero-order valence-electron chi connectivity index (χ0n) is 12.4. The van der Waals surface area contributed by atoms with Gasteiger partial charge in [0.25, 0.3) is 0 Å². The fourth-order valence-electron chi connectivity index (χ4n) is 4.48. The van der Waals surface area contributed by atoms with Crippen molar-refractivity contribution in [3.05, 3.63) is 41.0 Å². The Labute approximate surface area is 120 Å². The highest BCUT2D eigenvalue weighted by Crippen LogP contribution is 2.56. The average molecular weight is 270 g/mol. The first-order chi connectivity index (χ1) is 9.67. The zero-order valence-corrected chi connectivity index (χ0v) is 12.4. The van der Waals surface area contributed by atoms with Crippen molar-refractivity contribution in [3.63, 3.8) is 0 Å². The summed E-state index contributed by atoms with van der Waals surface area (Å²) >= 11 is 0. The summed E-state index contributed by atoms with van der Waals surface area (Å²) in [6.45, 7) is 6.12. The summed E-state index contributed by atoms with van der Waals surface area (Å²) in [6, 6.07) is 8.93. The molecule has 0 unspecified atom stereocenters. The number of allylic oxidation sites excluding steroid dienone is 2. The van der Waals surface area contributed by atoms with Crippen LogP contribution in [0.2, 0.25) is 0 Å². The molecule has 2 heteroatoms. The summed E-state index contributed by atoms with van der Waals surface area (Å²) in [5, 5.41) is 0. The molecular formula is C18H22O2. The molecule has 0 amide bonds. The Kier molecular flexibility index (Phi) is 2.64. The Morgan fingerprint density at radius 1 is 0.900 bits per heavy atom. The Balaban J connectivity index is 1.72. The van der Waals surface area contributed by atoms with Crippen LogP contribution in [0.3, 0.4) is 0 Å². The van der Waals surface area contributed by atoms with E-state index in [2.05, 4.69) is 38.1 Å². The van der Waals surface area contributed by atoms with Gasteiger partial charge in [-0.15, -0.1) is 0 Å². The van der Waals surface area contributed by atoms with E-state index >= 15 is 0 Å². The standard InChI is InChI=1S/C18H22O2/c1-13-14(2)17(16-6-4-3-5-15(13)16)7-9-18(10-8-17)19-11-12-20-18/h3-6H,7-12H2,1-2H3. The zero-order chi connectivity index (χ0) is 13.8. The lowest BCUT2D eigenvalue weighted by molar-refractivity contribution is -0.183. The molecule has 3 aliphatic rings. The molecule has 1 aromatic rings. The van der Waals surface area contributed by atoms with E-state index in [9.17, 15) is 0 Å². The van der Waals surface area contributed by atoms with Crippen molar-refractivity contribution in [3.8, 4) is 0 Å². The van der Waals surface area contributed by atoms with Crippen molar-refractivity contribution in [1.29, 1.82) is 0 Å². The van der Waals surface area contributed by atoms with Crippen LogP contribution >= 0.6 is 0 Å². The maximum absolute atomic E-state index is 5.90. The lowest BCUT2D eigenvalue weighted by Gasteiger charge is -2.43. The van der Waals surface area contributed by atoms with Crippen molar-refractivity contribution >= 4 is 5.57 Å². The normalized spacial score (nSPS) is 26.5.